The van der Waals surface area contributed by atoms with Gasteiger partial charge in [-0.3, -0.25) is 9.79 Å². The summed E-state index contributed by atoms with van der Waals surface area (Å²) in [7, 11) is 0. The van der Waals surface area contributed by atoms with E-state index in [0.29, 0.717) is 16.8 Å². The van der Waals surface area contributed by atoms with Crippen molar-refractivity contribution in [1.82, 2.24) is 0 Å². The minimum absolute atomic E-state index is 0.0126. The fourth-order valence-electron chi connectivity index (χ4n) is 2.21. The first-order valence-electron chi connectivity index (χ1n) is 7.12. The van der Waals surface area contributed by atoms with Crippen molar-refractivity contribution in [2.75, 3.05) is 0 Å². The van der Waals surface area contributed by atoms with Crippen LogP contribution in [0.3, 0.4) is 0 Å². The lowest BCUT2D eigenvalue weighted by Crippen LogP contribution is -2.01. The van der Waals surface area contributed by atoms with Gasteiger partial charge in [-0.25, -0.2) is 0 Å². The quantitative estimate of drug-likeness (QED) is 0.506. The van der Waals surface area contributed by atoms with Gasteiger partial charge >= 0.3 is 0 Å². The summed E-state index contributed by atoms with van der Waals surface area (Å²) in [5.74, 6) is -0.0126. The number of aliphatic imine (C=N–C) groups is 1. The molecule has 0 N–H and O–H groups in total. The Morgan fingerprint density at radius 2 is 1.32 bits per heavy atom. The van der Waals surface area contributed by atoms with E-state index in [0.717, 1.165) is 5.56 Å². The van der Waals surface area contributed by atoms with E-state index in [4.69, 9.17) is 0 Å². The molecule has 0 atom stereocenters. The highest BCUT2D eigenvalue weighted by atomic mass is 16.1. The second-order valence-electron chi connectivity index (χ2n) is 4.88. The molecule has 2 nitrogen and oxygen atoms in total. The Balaban J connectivity index is 1.94. The Labute approximate surface area is 129 Å². The molecule has 3 aromatic carbocycles. The predicted octanol–water partition coefficient (Wildman–Crippen LogP) is 4.67. The van der Waals surface area contributed by atoms with E-state index in [1.165, 1.54) is 0 Å². The average Bonchev–Trinajstić information content (AvgIpc) is 2.61. The van der Waals surface area contributed by atoms with Crippen LogP contribution in [-0.2, 0) is 0 Å². The third-order valence-corrected chi connectivity index (χ3v) is 3.34. The van der Waals surface area contributed by atoms with Gasteiger partial charge in [0, 0.05) is 17.3 Å². The highest BCUT2D eigenvalue weighted by molar-refractivity contribution is 6.12. The van der Waals surface area contributed by atoms with E-state index in [2.05, 4.69) is 4.99 Å². The summed E-state index contributed by atoms with van der Waals surface area (Å²) in [6.07, 6.45) is 1.77. The zero-order chi connectivity index (χ0) is 15.2. The fraction of sp³-hybridized carbons (Fsp3) is 0. The molecule has 106 valence electrons. The summed E-state index contributed by atoms with van der Waals surface area (Å²) in [5.41, 5.74) is 2.97. The lowest BCUT2D eigenvalue weighted by molar-refractivity contribution is 0.103. The molecule has 0 aliphatic rings. The van der Waals surface area contributed by atoms with Crippen LogP contribution < -0.4 is 0 Å². The normalized spacial score (nSPS) is 10.7. The first-order chi connectivity index (χ1) is 10.8. The number of ketones is 1. The lowest BCUT2D eigenvalue weighted by atomic mass is 10.0. The number of carbonyl (C=O) groups excluding carboxylic acids is 1. The molecule has 0 radical (unpaired) electrons. The van der Waals surface area contributed by atoms with Gasteiger partial charge in [-0.1, -0.05) is 72.8 Å². The van der Waals surface area contributed by atoms with Crippen molar-refractivity contribution in [3.63, 3.8) is 0 Å². The van der Waals surface area contributed by atoms with E-state index in [9.17, 15) is 4.79 Å². The molecule has 0 saturated heterocycles. The first kappa shape index (κ1) is 14.0. The van der Waals surface area contributed by atoms with Gasteiger partial charge in [0.05, 0.1) is 5.69 Å². The Hall–Kier alpha value is -3.00. The fourth-order valence-corrected chi connectivity index (χ4v) is 2.21. The molecule has 3 aromatic rings. The predicted molar refractivity (Wildman–Crippen MR) is 90.0 cm³/mol. The van der Waals surface area contributed by atoms with Crippen LogP contribution >= 0.6 is 0 Å². The lowest BCUT2D eigenvalue weighted by Gasteiger charge is -2.04. The monoisotopic (exact) mass is 285 g/mol. The van der Waals surface area contributed by atoms with Crippen LogP contribution in [0.4, 0.5) is 5.69 Å². The summed E-state index contributed by atoms with van der Waals surface area (Å²) in [6, 6.07) is 26.5. The second-order valence-corrected chi connectivity index (χ2v) is 4.88. The van der Waals surface area contributed by atoms with E-state index >= 15 is 0 Å². The smallest absolute Gasteiger partial charge is 0.195 e. The van der Waals surface area contributed by atoms with E-state index in [1.54, 1.807) is 6.21 Å². The van der Waals surface area contributed by atoms with Crippen molar-refractivity contribution >= 4 is 17.7 Å². The summed E-state index contributed by atoms with van der Waals surface area (Å²) >= 11 is 0. The maximum Gasteiger partial charge on any atom is 0.195 e. The molecule has 0 heterocycles. The molecule has 0 amide bonds. The highest BCUT2D eigenvalue weighted by Crippen LogP contribution is 2.22. The zero-order valence-corrected chi connectivity index (χ0v) is 12.0. The van der Waals surface area contributed by atoms with E-state index < -0.39 is 0 Å². The molecule has 0 bridgehead atoms. The molecule has 0 aliphatic heterocycles. The summed E-state index contributed by atoms with van der Waals surface area (Å²) in [6.45, 7) is 0. The third kappa shape index (κ3) is 3.18. The number of benzene rings is 3. The van der Waals surface area contributed by atoms with Crippen LogP contribution in [0.25, 0.3) is 0 Å². The molecular formula is C20H15NO. The van der Waals surface area contributed by atoms with Gasteiger partial charge in [0.25, 0.3) is 0 Å². The van der Waals surface area contributed by atoms with Gasteiger partial charge in [0.2, 0.25) is 0 Å². The van der Waals surface area contributed by atoms with Crippen molar-refractivity contribution in [2.24, 2.45) is 4.99 Å². The number of nitrogens with zero attached hydrogens (tertiary/aromatic N) is 1. The number of hydrogen-bond donors (Lipinski definition) is 0. The van der Waals surface area contributed by atoms with Gasteiger partial charge in [0.15, 0.2) is 5.78 Å². The largest absolute Gasteiger partial charge is 0.289 e. The molecule has 3 rings (SSSR count). The van der Waals surface area contributed by atoms with Gasteiger partial charge in [-0.2, -0.15) is 0 Å². The molecule has 0 aromatic heterocycles. The molecule has 22 heavy (non-hydrogen) atoms. The number of carbonyl (C=O) groups is 1. The van der Waals surface area contributed by atoms with Crippen LogP contribution in [0.1, 0.15) is 21.5 Å². The highest BCUT2D eigenvalue weighted by Gasteiger charge is 2.12. The standard InChI is InChI=1S/C20H15NO/c22-20(17-11-5-2-6-12-17)18-13-7-8-14-19(18)21-15-16-9-3-1-4-10-16/h1-15H. The summed E-state index contributed by atoms with van der Waals surface area (Å²) in [5, 5.41) is 0. The minimum Gasteiger partial charge on any atom is -0.289 e. The molecule has 0 aliphatic carbocycles. The number of hydrogen-bond acceptors (Lipinski definition) is 2. The van der Waals surface area contributed by atoms with Crippen LogP contribution in [0, 0.1) is 0 Å². The molecular weight excluding hydrogens is 270 g/mol. The second kappa shape index (κ2) is 6.64. The first-order valence-corrected chi connectivity index (χ1v) is 7.12. The Morgan fingerprint density at radius 3 is 2.05 bits per heavy atom. The zero-order valence-electron chi connectivity index (χ0n) is 12.0. The van der Waals surface area contributed by atoms with Gasteiger partial charge < -0.3 is 0 Å². The van der Waals surface area contributed by atoms with Crippen molar-refractivity contribution < 1.29 is 4.79 Å². The summed E-state index contributed by atoms with van der Waals surface area (Å²) < 4.78 is 0. The Bertz CT molecular complexity index is 792. The number of rotatable bonds is 4. The van der Waals surface area contributed by atoms with Crippen LogP contribution in [0.5, 0.6) is 0 Å². The Kier molecular flexibility index (Phi) is 4.21. The minimum atomic E-state index is -0.0126. The molecule has 0 unspecified atom stereocenters. The van der Waals surface area contributed by atoms with E-state index in [-0.39, 0.29) is 5.78 Å². The Morgan fingerprint density at radius 1 is 0.727 bits per heavy atom. The van der Waals surface area contributed by atoms with Crippen molar-refractivity contribution in [1.29, 1.82) is 0 Å². The number of para-hydroxylation sites is 1. The van der Waals surface area contributed by atoms with Gasteiger partial charge in [-0.05, 0) is 17.7 Å². The van der Waals surface area contributed by atoms with Gasteiger partial charge in [0.1, 0.15) is 0 Å². The molecule has 0 fully saturated rings. The summed E-state index contributed by atoms with van der Waals surface area (Å²) in [4.78, 5) is 17.1. The maximum absolute atomic E-state index is 12.6. The third-order valence-electron chi connectivity index (χ3n) is 3.34. The van der Waals surface area contributed by atoms with Crippen molar-refractivity contribution in [3.05, 3.63) is 102 Å². The molecule has 0 spiro atoms. The SMILES string of the molecule is O=C(c1ccccc1)c1ccccc1N=Cc1ccccc1. The van der Waals surface area contributed by atoms with Crippen LogP contribution in [-0.4, -0.2) is 12.0 Å². The van der Waals surface area contributed by atoms with Gasteiger partial charge in [-0.15, -0.1) is 0 Å². The van der Waals surface area contributed by atoms with E-state index in [1.807, 2.05) is 84.9 Å². The average molecular weight is 285 g/mol. The van der Waals surface area contributed by atoms with Crippen molar-refractivity contribution in [2.45, 2.75) is 0 Å². The van der Waals surface area contributed by atoms with Crippen molar-refractivity contribution in [3.8, 4) is 0 Å². The van der Waals surface area contributed by atoms with Crippen LogP contribution in [0.2, 0.25) is 0 Å². The maximum atomic E-state index is 12.6. The van der Waals surface area contributed by atoms with Crippen LogP contribution in [0.15, 0.2) is 89.9 Å². The topological polar surface area (TPSA) is 29.4 Å². The molecule has 0 saturated carbocycles. The molecule has 2 heteroatoms.